The molecule has 0 aliphatic carbocycles. The summed E-state index contributed by atoms with van der Waals surface area (Å²) in [5.41, 5.74) is 2.18. The van der Waals surface area contributed by atoms with Crippen molar-refractivity contribution in [3.05, 3.63) is 88.1 Å². The summed E-state index contributed by atoms with van der Waals surface area (Å²) >= 11 is 1.70. The van der Waals surface area contributed by atoms with Crippen LogP contribution in [0.25, 0.3) is 0 Å². The number of thiophene rings is 1. The van der Waals surface area contributed by atoms with E-state index in [4.69, 9.17) is 4.74 Å². The molecule has 1 aromatic heterocycles. The number of ether oxygens (including phenoxy) is 1. The van der Waals surface area contributed by atoms with Crippen molar-refractivity contribution in [2.24, 2.45) is 0 Å². The van der Waals surface area contributed by atoms with Crippen molar-refractivity contribution < 1.29 is 15.2 Å². The maximum Gasteiger partial charge on any atom is 0.130 e. The molecule has 1 heterocycles. The van der Waals surface area contributed by atoms with Gasteiger partial charge in [0.05, 0.1) is 0 Å². The van der Waals surface area contributed by atoms with Gasteiger partial charge in [0.25, 0.3) is 0 Å². The minimum atomic E-state index is -0.463. The zero-order valence-corrected chi connectivity index (χ0v) is 15.2. The van der Waals surface area contributed by atoms with Gasteiger partial charge in [-0.05, 0) is 48.2 Å². The fourth-order valence-electron chi connectivity index (χ4n) is 2.68. The van der Waals surface area contributed by atoms with Gasteiger partial charge in [0.2, 0.25) is 0 Å². The second-order valence-electron chi connectivity index (χ2n) is 6.17. The first kappa shape index (κ1) is 17.7. The summed E-state index contributed by atoms with van der Waals surface area (Å²) in [6.07, 6.45) is -0.463. The zero-order chi connectivity index (χ0) is 17.5. The van der Waals surface area contributed by atoms with E-state index in [0.717, 1.165) is 17.9 Å². The summed E-state index contributed by atoms with van der Waals surface area (Å²) in [5.74, 6) is 0.884. The molecule has 0 fully saturated rings. The molecule has 2 aromatic carbocycles. The lowest BCUT2D eigenvalue weighted by Gasteiger charge is -2.18. The Morgan fingerprint density at radius 2 is 1.76 bits per heavy atom. The fourth-order valence-corrected chi connectivity index (χ4v) is 3.29. The fraction of sp³-hybridized carbons (Fsp3) is 0.238. The second kappa shape index (κ2) is 8.81. The highest BCUT2D eigenvalue weighted by molar-refractivity contribution is 7.09. The Labute approximate surface area is 152 Å². The Balaban J connectivity index is 1.48. The van der Waals surface area contributed by atoms with Crippen LogP contribution in [0.2, 0.25) is 0 Å². The largest absolute Gasteiger partial charge is 0.488 e. The average molecular weight is 354 g/mol. The topological polar surface area (TPSA) is 46.1 Å². The van der Waals surface area contributed by atoms with Crippen molar-refractivity contribution in [1.82, 2.24) is 0 Å². The van der Waals surface area contributed by atoms with Crippen LogP contribution < -0.4 is 10.1 Å². The van der Waals surface area contributed by atoms with E-state index in [1.165, 1.54) is 10.4 Å². The van der Waals surface area contributed by atoms with Gasteiger partial charge in [-0.15, -0.1) is 11.3 Å². The molecule has 0 aliphatic heterocycles. The first-order chi connectivity index (χ1) is 12.2. The molecular formula is C21H24NO2S+. The number of hydrogen-bond acceptors (Lipinski definition) is 3. The van der Waals surface area contributed by atoms with E-state index in [1.807, 2.05) is 48.5 Å². The van der Waals surface area contributed by atoms with Crippen LogP contribution in [0, 0.1) is 0 Å². The van der Waals surface area contributed by atoms with Crippen LogP contribution in [-0.4, -0.2) is 11.1 Å². The Kier molecular flexibility index (Phi) is 6.23. The third-order valence-electron chi connectivity index (χ3n) is 4.25. The Bertz CT molecular complexity index is 741. The van der Waals surface area contributed by atoms with Gasteiger partial charge in [-0.25, -0.2) is 0 Å². The van der Waals surface area contributed by atoms with E-state index in [1.54, 1.807) is 11.3 Å². The molecule has 130 valence electrons. The second-order valence-corrected chi connectivity index (χ2v) is 7.20. The molecule has 0 amide bonds. The number of aliphatic hydroxyl groups is 1. The summed E-state index contributed by atoms with van der Waals surface area (Å²) in [4.78, 5) is 1.22. The van der Waals surface area contributed by atoms with Gasteiger partial charge in [-0.3, -0.25) is 0 Å². The third-order valence-corrected chi connectivity index (χ3v) is 5.10. The normalized spacial score (nSPS) is 13.4. The van der Waals surface area contributed by atoms with Crippen LogP contribution in [0.4, 0.5) is 0 Å². The number of aliphatic hydroxyl groups excluding tert-OH is 1. The van der Waals surface area contributed by atoms with Gasteiger partial charge >= 0.3 is 0 Å². The van der Waals surface area contributed by atoms with E-state index in [2.05, 4.69) is 35.8 Å². The number of hydrogen-bond donors (Lipinski definition) is 2. The highest BCUT2D eigenvalue weighted by Gasteiger charge is 2.18. The SMILES string of the molecule is C[C@@H]([NH2+]Cc1ccc(OCc2cccs2)cc1)[C@H](O)c1ccccc1. The van der Waals surface area contributed by atoms with Gasteiger partial charge in [-0.2, -0.15) is 0 Å². The molecule has 3 nitrogen and oxygen atoms in total. The van der Waals surface area contributed by atoms with Crippen LogP contribution >= 0.6 is 11.3 Å². The van der Waals surface area contributed by atoms with Crippen molar-refractivity contribution in [3.8, 4) is 5.75 Å². The van der Waals surface area contributed by atoms with E-state index >= 15 is 0 Å². The molecule has 0 saturated carbocycles. The lowest BCUT2D eigenvalue weighted by atomic mass is 10.0. The predicted octanol–water partition coefficient (Wildman–Crippen LogP) is 3.51. The molecule has 0 aliphatic rings. The smallest absolute Gasteiger partial charge is 0.130 e. The van der Waals surface area contributed by atoms with Crippen LogP contribution in [0.1, 0.15) is 29.0 Å². The monoisotopic (exact) mass is 354 g/mol. The minimum Gasteiger partial charge on any atom is -0.488 e. The molecule has 0 radical (unpaired) electrons. The van der Waals surface area contributed by atoms with Crippen LogP contribution in [0.5, 0.6) is 5.75 Å². The maximum absolute atomic E-state index is 10.4. The average Bonchev–Trinajstić information content (AvgIpc) is 3.19. The molecular weight excluding hydrogens is 330 g/mol. The van der Waals surface area contributed by atoms with E-state index in [9.17, 15) is 5.11 Å². The van der Waals surface area contributed by atoms with Gasteiger partial charge in [0, 0.05) is 10.4 Å². The lowest BCUT2D eigenvalue weighted by molar-refractivity contribution is -0.709. The predicted molar refractivity (Wildman–Crippen MR) is 102 cm³/mol. The first-order valence-corrected chi connectivity index (χ1v) is 9.41. The van der Waals surface area contributed by atoms with Crippen LogP contribution in [-0.2, 0) is 13.2 Å². The Morgan fingerprint density at radius 1 is 1.00 bits per heavy atom. The van der Waals surface area contributed by atoms with Gasteiger partial charge in [0.15, 0.2) is 0 Å². The summed E-state index contributed by atoms with van der Waals surface area (Å²) in [7, 11) is 0. The number of nitrogens with two attached hydrogens (primary N) is 1. The van der Waals surface area contributed by atoms with Gasteiger partial charge in [-0.1, -0.05) is 36.4 Å². The maximum atomic E-state index is 10.4. The third kappa shape index (κ3) is 5.16. The minimum absolute atomic E-state index is 0.0946. The van der Waals surface area contributed by atoms with E-state index < -0.39 is 6.10 Å². The van der Waals surface area contributed by atoms with Crippen LogP contribution in [0.15, 0.2) is 72.1 Å². The molecule has 3 aromatic rings. The first-order valence-electron chi connectivity index (χ1n) is 8.53. The molecule has 0 bridgehead atoms. The molecule has 3 rings (SSSR count). The summed E-state index contributed by atoms with van der Waals surface area (Å²) < 4.78 is 5.79. The van der Waals surface area contributed by atoms with Gasteiger partial charge < -0.3 is 15.2 Å². The Hall–Kier alpha value is -2.14. The van der Waals surface area contributed by atoms with E-state index in [-0.39, 0.29) is 6.04 Å². The van der Waals surface area contributed by atoms with Crippen molar-refractivity contribution in [1.29, 1.82) is 0 Å². The molecule has 0 spiro atoms. The lowest BCUT2D eigenvalue weighted by Crippen LogP contribution is -2.88. The van der Waals surface area contributed by atoms with Crippen LogP contribution in [0.3, 0.4) is 0 Å². The zero-order valence-electron chi connectivity index (χ0n) is 14.3. The van der Waals surface area contributed by atoms with E-state index in [0.29, 0.717) is 6.61 Å². The number of benzene rings is 2. The molecule has 3 N–H and O–H groups in total. The van der Waals surface area contributed by atoms with Crippen molar-refractivity contribution in [3.63, 3.8) is 0 Å². The van der Waals surface area contributed by atoms with Crippen molar-refractivity contribution >= 4 is 11.3 Å². The summed E-state index contributed by atoms with van der Waals surface area (Å²) in [6, 6.07) is 22.2. The molecule has 0 unspecified atom stereocenters. The standard InChI is InChI=1S/C21H23NO2S/c1-16(21(23)18-6-3-2-4-7-18)22-14-17-9-11-19(12-10-17)24-15-20-8-5-13-25-20/h2-13,16,21-23H,14-15H2,1H3/p+1/t16-,21+/m1/s1. The highest BCUT2D eigenvalue weighted by atomic mass is 32.1. The Morgan fingerprint density at radius 3 is 2.44 bits per heavy atom. The van der Waals surface area contributed by atoms with Crippen molar-refractivity contribution in [2.75, 3.05) is 0 Å². The summed E-state index contributed by atoms with van der Waals surface area (Å²) in [6.45, 7) is 3.50. The van der Waals surface area contributed by atoms with Gasteiger partial charge in [0.1, 0.15) is 31.0 Å². The molecule has 4 heteroatoms. The van der Waals surface area contributed by atoms with Crippen molar-refractivity contribution in [2.45, 2.75) is 32.2 Å². The quantitative estimate of drug-likeness (QED) is 0.650. The molecule has 0 saturated heterocycles. The summed E-state index contributed by atoms with van der Waals surface area (Å²) in [5, 5.41) is 14.6. The number of rotatable bonds is 8. The highest BCUT2D eigenvalue weighted by Crippen LogP contribution is 2.17. The number of quaternary nitrogens is 1. The molecule has 2 atom stereocenters. The molecule has 25 heavy (non-hydrogen) atoms.